The molecule has 0 aliphatic rings. The van der Waals surface area contributed by atoms with E-state index in [-0.39, 0.29) is 0 Å². The molecule has 2 rings (SSSR count). The van der Waals surface area contributed by atoms with E-state index in [0.29, 0.717) is 11.3 Å². The molecule has 3 heteroatoms. The minimum absolute atomic E-state index is 0.528. The maximum Gasteiger partial charge on any atom is 0.153 e. The fraction of sp³-hybridized carbons (Fsp3) is 0.0714. The number of rotatable bonds is 3. The predicted molar refractivity (Wildman–Crippen MR) is 70.8 cm³/mol. The zero-order valence-corrected chi connectivity index (χ0v) is 10.9. The van der Waals surface area contributed by atoms with Crippen molar-refractivity contribution in [1.82, 2.24) is 0 Å². The third kappa shape index (κ3) is 2.94. The Morgan fingerprint density at radius 2 is 1.82 bits per heavy atom. The first-order valence-electron chi connectivity index (χ1n) is 5.18. The van der Waals surface area contributed by atoms with Gasteiger partial charge in [0.2, 0.25) is 0 Å². The maximum absolute atomic E-state index is 10.9. The summed E-state index contributed by atoms with van der Waals surface area (Å²) in [6, 6.07) is 13.0. The van der Waals surface area contributed by atoms with Crippen LogP contribution >= 0.6 is 15.9 Å². The second kappa shape index (κ2) is 5.15. The molecule has 0 atom stereocenters. The number of aryl methyl sites for hydroxylation is 1. The second-order valence-electron chi connectivity index (χ2n) is 3.72. The van der Waals surface area contributed by atoms with Crippen molar-refractivity contribution in [2.45, 2.75) is 6.92 Å². The number of ether oxygens (including phenoxy) is 1. The Balaban J connectivity index is 2.29. The van der Waals surface area contributed by atoms with Gasteiger partial charge in [0.05, 0.1) is 5.56 Å². The fourth-order valence-corrected chi connectivity index (χ4v) is 1.82. The van der Waals surface area contributed by atoms with Gasteiger partial charge in [0.25, 0.3) is 0 Å². The van der Waals surface area contributed by atoms with Gasteiger partial charge in [0.1, 0.15) is 11.5 Å². The summed E-state index contributed by atoms with van der Waals surface area (Å²) < 4.78 is 6.52. The molecule has 0 fully saturated rings. The summed E-state index contributed by atoms with van der Waals surface area (Å²) in [5.74, 6) is 1.29. The summed E-state index contributed by atoms with van der Waals surface area (Å²) in [5.41, 5.74) is 1.70. The molecule has 0 amide bonds. The van der Waals surface area contributed by atoms with Crippen LogP contribution in [-0.2, 0) is 0 Å². The SMILES string of the molecule is Cc1ccc(Oc2ccc(Br)cc2C=O)cc1. The van der Waals surface area contributed by atoms with Crippen LogP contribution in [0.2, 0.25) is 0 Å². The van der Waals surface area contributed by atoms with Gasteiger partial charge in [-0.05, 0) is 37.3 Å². The lowest BCUT2D eigenvalue weighted by Gasteiger charge is -2.08. The summed E-state index contributed by atoms with van der Waals surface area (Å²) >= 11 is 3.32. The molecule has 2 aromatic carbocycles. The summed E-state index contributed by atoms with van der Waals surface area (Å²) in [7, 11) is 0. The van der Waals surface area contributed by atoms with E-state index in [2.05, 4.69) is 15.9 Å². The molecule has 0 aliphatic heterocycles. The zero-order valence-electron chi connectivity index (χ0n) is 9.31. The molecular weight excluding hydrogens is 280 g/mol. The van der Waals surface area contributed by atoms with E-state index in [9.17, 15) is 4.79 Å². The molecule has 0 bridgehead atoms. The number of benzene rings is 2. The van der Waals surface area contributed by atoms with E-state index in [1.165, 1.54) is 5.56 Å². The molecule has 0 heterocycles. The van der Waals surface area contributed by atoms with Crippen molar-refractivity contribution in [2.24, 2.45) is 0 Å². The summed E-state index contributed by atoms with van der Waals surface area (Å²) in [6.07, 6.45) is 0.786. The molecule has 0 saturated heterocycles. The van der Waals surface area contributed by atoms with Crippen molar-refractivity contribution in [3.8, 4) is 11.5 Å². The van der Waals surface area contributed by atoms with Gasteiger partial charge in [-0.25, -0.2) is 0 Å². The Morgan fingerprint density at radius 3 is 2.47 bits per heavy atom. The molecule has 0 unspecified atom stereocenters. The molecule has 0 aliphatic carbocycles. The van der Waals surface area contributed by atoms with E-state index >= 15 is 0 Å². The first kappa shape index (κ1) is 11.9. The largest absolute Gasteiger partial charge is 0.457 e. The minimum atomic E-state index is 0.528. The number of hydrogen-bond acceptors (Lipinski definition) is 2. The van der Waals surface area contributed by atoms with Crippen molar-refractivity contribution in [1.29, 1.82) is 0 Å². The minimum Gasteiger partial charge on any atom is -0.457 e. The first-order valence-corrected chi connectivity index (χ1v) is 5.97. The monoisotopic (exact) mass is 290 g/mol. The number of aldehydes is 1. The number of carbonyl (C=O) groups excluding carboxylic acids is 1. The highest BCUT2D eigenvalue weighted by atomic mass is 79.9. The number of hydrogen-bond donors (Lipinski definition) is 0. The number of halogens is 1. The van der Waals surface area contributed by atoms with Crippen LogP contribution in [0.4, 0.5) is 0 Å². The third-order valence-electron chi connectivity index (χ3n) is 2.35. The van der Waals surface area contributed by atoms with Gasteiger partial charge >= 0.3 is 0 Å². The van der Waals surface area contributed by atoms with Gasteiger partial charge in [0, 0.05) is 4.47 Å². The van der Waals surface area contributed by atoms with E-state index in [1.807, 2.05) is 37.3 Å². The summed E-state index contributed by atoms with van der Waals surface area (Å²) in [5, 5.41) is 0. The van der Waals surface area contributed by atoms with E-state index < -0.39 is 0 Å². The lowest BCUT2D eigenvalue weighted by atomic mass is 10.2. The van der Waals surface area contributed by atoms with Gasteiger partial charge < -0.3 is 4.74 Å². The van der Waals surface area contributed by atoms with Crippen LogP contribution in [0.1, 0.15) is 15.9 Å². The Bertz CT molecular complexity index is 532. The van der Waals surface area contributed by atoms with Gasteiger partial charge in [-0.1, -0.05) is 33.6 Å². The highest BCUT2D eigenvalue weighted by molar-refractivity contribution is 9.10. The highest BCUT2D eigenvalue weighted by Crippen LogP contribution is 2.27. The van der Waals surface area contributed by atoms with E-state index in [4.69, 9.17) is 4.74 Å². The van der Waals surface area contributed by atoms with Crippen LogP contribution in [0.25, 0.3) is 0 Å². The van der Waals surface area contributed by atoms with Gasteiger partial charge in [0.15, 0.2) is 6.29 Å². The van der Waals surface area contributed by atoms with Gasteiger partial charge in [-0.2, -0.15) is 0 Å². The standard InChI is InChI=1S/C14H11BrO2/c1-10-2-5-13(6-3-10)17-14-7-4-12(15)8-11(14)9-16/h2-9H,1H3. The quantitative estimate of drug-likeness (QED) is 0.785. The highest BCUT2D eigenvalue weighted by Gasteiger charge is 2.04. The Labute approximate surface area is 108 Å². The molecular formula is C14H11BrO2. The zero-order chi connectivity index (χ0) is 12.3. The lowest BCUT2D eigenvalue weighted by Crippen LogP contribution is -1.90. The third-order valence-corrected chi connectivity index (χ3v) is 2.84. The molecule has 17 heavy (non-hydrogen) atoms. The Kier molecular flexibility index (Phi) is 3.59. The van der Waals surface area contributed by atoms with Crippen LogP contribution in [0.5, 0.6) is 11.5 Å². The molecule has 0 saturated carbocycles. The number of carbonyl (C=O) groups is 1. The van der Waals surface area contributed by atoms with Crippen molar-refractivity contribution < 1.29 is 9.53 Å². The van der Waals surface area contributed by atoms with E-state index in [1.54, 1.807) is 12.1 Å². The van der Waals surface area contributed by atoms with Crippen LogP contribution in [0.3, 0.4) is 0 Å². The van der Waals surface area contributed by atoms with Crippen molar-refractivity contribution in [3.05, 3.63) is 58.1 Å². The molecule has 0 radical (unpaired) electrons. The molecule has 2 aromatic rings. The van der Waals surface area contributed by atoms with Crippen LogP contribution in [0.15, 0.2) is 46.9 Å². The van der Waals surface area contributed by atoms with Crippen molar-refractivity contribution in [3.63, 3.8) is 0 Å². The summed E-state index contributed by atoms with van der Waals surface area (Å²) in [4.78, 5) is 10.9. The van der Waals surface area contributed by atoms with Gasteiger partial charge in [-0.15, -0.1) is 0 Å². The lowest BCUT2D eigenvalue weighted by molar-refractivity contribution is 0.112. The maximum atomic E-state index is 10.9. The molecule has 0 N–H and O–H groups in total. The van der Waals surface area contributed by atoms with Crippen LogP contribution < -0.4 is 4.74 Å². The topological polar surface area (TPSA) is 26.3 Å². The average Bonchev–Trinajstić information content (AvgIpc) is 2.34. The molecule has 86 valence electrons. The van der Waals surface area contributed by atoms with Crippen LogP contribution in [-0.4, -0.2) is 6.29 Å². The molecule has 0 aromatic heterocycles. The van der Waals surface area contributed by atoms with E-state index in [0.717, 1.165) is 16.5 Å². The van der Waals surface area contributed by atoms with Crippen molar-refractivity contribution in [2.75, 3.05) is 0 Å². The fourth-order valence-electron chi connectivity index (χ4n) is 1.44. The Hall–Kier alpha value is -1.61. The summed E-state index contributed by atoms with van der Waals surface area (Å²) in [6.45, 7) is 2.01. The Morgan fingerprint density at radius 1 is 1.12 bits per heavy atom. The predicted octanol–water partition coefficient (Wildman–Crippen LogP) is 4.36. The second-order valence-corrected chi connectivity index (χ2v) is 4.63. The molecule has 2 nitrogen and oxygen atoms in total. The van der Waals surface area contributed by atoms with Crippen molar-refractivity contribution >= 4 is 22.2 Å². The van der Waals surface area contributed by atoms with Gasteiger partial charge in [-0.3, -0.25) is 4.79 Å². The first-order chi connectivity index (χ1) is 8.19. The smallest absolute Gasteiger partial charge is 0.153 e. The molecule has 0 spiro atoms. The van der Waals surface area contributed by atoms with Crippen LogP contribution in [0, 0.1) is 6.92 Å². The normalized spacial score (nSPS) is 10.0. The average molecular weight is 291 g/mol.